The predicted octanol–water partition coefficient (Wildman–Crippen LogP) is 24.2. The van der Waals surface area contributed by atoms with Gasteiger partial charge in [0.25, 0.3) is 0 Å². The fourth-order valence-electron chi connectivity index (χ4n) is 10.2. The molecule has 0 bridgehead atoms. The summed E-state index contributed by atoms with van der Waals surface area (Å²) in [5.41, 5.74) is 0. The van der Waals surface area contributed by atoms with Gasteiger partial charge >= 0.3 is 11.9 Å². The van der Waals surface area contributed by atoms with E-state index >= 15 is 0 Å². The van der Waals surface area contributed by atoms with Gasteiger partial charge in [-0.3, -0.25) is 9.59 Å². The van der Waals surface area contributed by atoms with E-state index in [1.165, 1.54) is 238 Å². The van der Waals surface area contributed by atoms with Crippen molar-refractivity contribution in [3.05, 3.63) is 97.2 Å². The van der Waals surface area contributed by atoms with Crippen LogP contribution in [0.2, 0.25) is 0 Å². The number of unbranched alkanes of at least 4 members (excludes halogenated alkanes) is 40. The van der Waals surface area contributed by atoms with E-state index in [1.54, 1.807) is 0 Å². The van der Waals surface area contributed by atoms with Crippen molar-refractivity contribution in [3.8, 4) is 0 Å². The van der Waals surface area contributed by atoms with Crippen LogP contribution in [-0.2, 0) is 19.1 Å². The molecule has 0 amide bonds. The van der Waals surface area contributed by atoms with Crippen molar-refractivity contribution in [3.63, 3.8) is 0 Å². The first kappa shape index (κ1) is 76.8. The van der Waals surface area contributed by atoms with Crippen LogP contribution in [-0.4, -0.2) is 36.4 Å². The summed E-state index contributed by atoms with van der Waals surface area (Å²) in [5.74, 6) is -0.583. The lowest BCUT2D eigenvalue weighted by Gasteiger charge is -2.15. The molecule has 5 heteroatoms. The normalized spacial score (nSPS) is 12.8. The Bertz CT molecular complexity index is 1500. The van der Waals surface area contributed by atoms with Crippen molar-refractivity contribution in [1.29, 1.82) is 0 Å². The molecule has 0 radical (unpaired) electrons. The number of rotatable bonds is 64. The minimum absolute atomic E-state index is 0.0673. The fourth-order valence-corrected chi connectivity index (χ4v) is 10.2. The van der Waals surface area contributed by atoms with E-state index in [4.69, 9.17) is 9.47 Å². The summed E-state index contributed by atoms with van der Waals surface area (Å²) in [6.07, 6.45) is 100. The number of esters is 2. The lowest BCUT2D eigenvalue weighted by atomic mass is 10.0. The summed E-state index contributed by atoms with van der Waals surface area (Å²) in [6, 6.07) is 0. The van der Waals surface area contributed by atoms with Crippen molar-refractivity contribution < 1.29 is 24.2 Å². The Labute approximate surface area is 498 Å². The van der Waals surface area contributed by atoms with Crippen LogP contribution in [0.1, 0.15) is 348 Å². The molecule has 80 heavy (non-hydrogen) atoms. The number of aliphatic hydroxyl groups excluding tert-OH is 1. The third kappa shape index (κ3) is 67.3. The number of hydrogen-bond donors (Lipinski definition) is 1. The molecule has 0 saturated heterocycles. The molecule has 0 aromatic rings. The van der Waals surface area contributed by atoms with E-state index in [0.717, 1.165) is 83.5 Å². The molecule has 0 heterocycles. The van der Waals surface area contributed by atoms with E-state index in [1.807, 2.05) is 0 Å². The first-order chi connectivity index (χ1) is 39.6. The molecule has 1 atom stereocenters. The van der Waals surface area contributed by atoms with Crippen LogP contribution in [0.15, 0.2) is 97.2 Å². The third-order valence-electron chi connectivity index (χ3n) is 15.4. The summed E-state index contributed by atoms with van der Waals surface area (Å²) in [6.45, 7) is 4.06. The second-order valence-electron chi connectivity index (χ2n) is 23.2. The maximum Gasteiger partial charge on any atom is 0.306 e. The smallest absolute Gasteiger partial charge is 0.306 e. The van der Waals surface area contributed by atoms with Gasteiger partial charge in [0, 0.05) is 12.8 Å². The molecule has 5 nitrogen and oxygen atoms in total. The number of hydrogen-bond acceptors (Lipinski definition) is 5. The summed E-state index contributed by atoms with van der Waals surface area (Å²) < 4.78 is 10.8. The predicted molar refractivity (Wildman–Crippen MR) is 352 cm³/mol. The maximum absolute atomic E-state index is 12.4. The van der Waals surface area contributed by atoms with Crippen molar-refractivity contribution in [2.45, 2.75) is 354 Å². The van der Waals surface area contributed by atoms with Crippen LogP contribution in [0.3, 0.4) is 0 Å². The third-order valence-corrected chi connectivity index (χ3v) is 15.4. The summed E-state index contributed by atoms with van der Waals surface area (Å²) >= 11 is 0. The Kier molecular flexibility index (Phi) is 67.3. The van der Waals surface area contributed by atoms with Crippen molar-refractivity contribution in [2.75, 3.05) is 13.2 Å². The highest BCUT2D eigenvalue weighted by Crippen LogP contribution is 2.18. The molecule has 0 rings (SSSR count). The van der Waals surface area contributed by atoms with Gasteiger partial charge in [0.15, 0.2) is 6.10 Å². The number of allylic oxidation sites excluding steroid dienone is 16. The largest absolute Gasteiger partial charge is 0.462 e. The van der Waals surface area contributed by atoms with Gasteiger partial charge in [0.05, 0.1) is 6.61 Å². The molecule has 0 spiro atoms. The zero-order valence-electron chi connectivity index (χ0n) is 53.1. The number of aliphatic hydroxyl groups is 1. The van der Waals surface area contributed by atoms with E-state index in [2.05, 4.69) is 111 Å². The number of carbonyl (C=O) groups is 2. The maximum atomic E-state index is 12.4. The lowest BCUT2D eigenvalue weighted by molar-refractivity contribution is -0.161. The standard InChI is InChI=1S/C75H132O5/c1-3-5-7-9-11-13-15-17-19-21-23-25-27-29-31-33-35-37-39-41-43-45-47-49-51-53-55-57-59-61-63-65-67-69-74(77)79-72-73(71-76)80-75(78)70-68-66-64-62-60-58-56-54-52-50-48-46-44-42-40-38-36-34-32-30-28-26-24-22-20-18-16-14-12-10-8-6-4-2/h6,8,12,14,18,20-21,23-24,26,30,32,36,38,42,44,73,76H,3-5,7,9-11,13,15-17,19,22,25,27-29,31,33-35,37,39-41,43,45-72H2,1-2H3/b8-6-,14-12-,20-18-,23-21-,26-24-,32-30-,38-36-,44-42-. The molecule has 0 fully saturated rings. The van der Waals surface area contributed by atoms with E-state index in [9.17, 15) is 14.7 Å². The second kappa shape index (κ2) is 70.1. The fraction of sp³-hybridized carbons (Fsp3) is 0.760. The van der Waals surface area contributed by atoms with Crippen LogP contribution >= 0.6 is 0 Å². The number of carbonyl (C=O) groups excluding carboxylic acids is 2. The summed E-state index contributed by atoms with van der Waals surface area (Å²) in [4.78, 5) is 24.7. The van der Waals surface area contributed by atoms with E-state index < -0.39 is 6.10 Å². The quantitative estimate of drug-likeness (QED) is 0.0373. The van der Waals surface area contributed by atoms with Crippen molar-refractivity contribution >= 4 is 11.9 Å². The van der Waals surface area contributed by atoms with Gasteiger partial charge in [0.1, 0.15) is 6.61 Å². The zero-order chi connectivity index (χ0) is 57.6. The topological polar surface area (TPSA) is 72.8 Å². The van der Waals surface area contributed by atoms with Crippen LogP contribution in [0.4, 0.5) is 0 Å². The highest BCUT2D eigenvalue weighted by atomic mass is 16.6. The van der Waals surface area contributed by atoms with E-state index in [-0.39, 0.29) is 25.2 Å². The Morgan fingerprint density at radius 3 is 0.825 bits per heavy atom. The second-order valence-corrected chi connectivity index (χ2v) is 23.2. The van der Waals surface area contributed by atoms with Crippen LogP contribution in [0.5, 0.6) is 0 Å². The van der Waals surface area contributed by atoms with Crippen LogP contribution in [0, 0.1) is 0 Å². The lowest BCUT2D eigenvalue weighted by Crippen LogP contribution is -2.28. The van der Waals surface area contributed by atoms with Crippen molar-refractivity contribution in [1.82, 2.24) is 0 Å². The molecule has 1 N–H and O–H groups in total. The molecule has 0 aliphatic rings. The highest BCUT2D eigenvalue weighted by molar-refractivity contribution is 5.70. The molecule has 0 aliphatic heterocycles. The van der Waals surface area contributed by atoms with Gasteiger partial charge in [-0.2, -0.15) is 0 Å². The monoisotopic (exact) mass is 1110 g/mol. The SMILES string of the molecule is CC/C=C\C/C=C\C/C=C\C/C=C\C/C=C\C/C=C\C/C=C\CCCCCCCCCCCCCC(=O)OC(CO)COC(=O)CCCCCCCCCCCCCCCCCCCCCCC/C=C\CCCCCCCCCC. The Balaban J connectivity index is 3.46. The van der Waals surface area contributed by atoms with Gasteiger partial charge in [-0.15, -0.1) is 0 Å². The summed E-state index contributed by atoms with van der Waals surface area (Å²) in [5, 5.41) is 9.70. The molecule has 0 saturated carbocycles. The Hall–Kier alpha value is -3.18. The minimum atomic E-state index is -0.779. The van der Waals surface area contributed by atoms with Gasteiger partial charge < -0.3 is 14.6 Å². The van der Waals surface area contributed by atoms with Gasteiger partial charge in [-0.1, -0.05) is 336 Å². The van der Waals surface area contributed by atoms with Gasteiger partial charge in [0.2, 0.25) is 0 Å². The van der Waals surface area contributed by atoms with Crippen LogP contribution < -0.4 is 0 Å². The minimum Gasteiger partial charge on any atom is -0.462 e. The molecule has 0 aromatic carbocycles. The average molecular weight is 1110 g/mol. The Morgan fingerprint density at radius 1 is 0.300 bits per heavy atom. The first-order valence-corrected chi connectivity index (χ1v) is 34.8. The molecule has 1 unspecified atom stereocenters. The molecule has 0 aliphatic carbocycles. The molecule has 462 valence electrons. The molecular weight excluding hydrogens is 981 g/mol. The number of ether oxygens (including phenoxy) is 2. The Morgan fingerprint density at radius 2 is 0.537 bits per heavy atom. The highest BCUT2D eigenvalue weighted by Gasteiger charge is 2.16. The molecule has 0 aromatic heterocycles. The first-order valence-electron chi connectivity index (χ1n) is 34.8. The van der Waals surface area contributed by atoms with Crippen molar-refractivity contribution in [2.24, 2.45) is 0 Å². The molecular formula is C75H132O5. The van der Waals surface area contributed by atoms with E-state index in [0.29, 0.717) is 12.8 Å². The van der Waals surface area contributed by atoms with Crippen LogP contribution in [0.25, 0.3) is 0 Å². The zero-order valence-corrected chi connectivity index (χ0v) is 53.1. The van der Waals surface area contributed by atoms with Gasteiger partial charge in [-0.25, -0.2) is 0 Å². The average Bonchev–Trinajstić information content (AvgIpc) is 3.46. The van der Waals surface area contributed by atoms with Gasteiger partial charge in [-0.05, 0) is 96.3 Å². The summed E-state index contributed by atoms with van der Waals surface area (Å²) in [7, 11) is 0.